The van der Waals surface area contributed by atoms with Crippen molar-refractivity contribution in [3.63, 3.8) is 0 Å². The van der Waals surface area contributed by atoms with Crippen LogP contribution in [-0.4, -0.2) is 23.7 Å². The molecule has 0 radical (unpaired) electrons. The van der Waals surface area contributed by atoms with Gasteiger partial charge in [-0.3, -0.25) is 14.1 Å². The monoisotopic (exact) mass is 361 g/mol. The van der Waals surface area contributed by atoms with E-state index in [1.807, 2.05) is 27.5 Å². The smallest absolute Gasteiger partial charge is 0.328 e. The summed E-state index contributed by atoms with van der Waals surface area (Å²) >= 11 is 0. The number of nitrogens with zero attached hydrogens (tertiary/aromatic N) is 5. The van der Waals surface area contributed by atoms with E-state index in [0.29, 0.717) is 12.6 Å². The predicted octanol–water partition coefficient (Wildman–Crippen LogP) is 3.54. The van der Waals surface area contributed by atoms with Crippen LogP contribution >= 0.6 is 0 Å². The third kappa shape index (κ3) is 2.67. The highest BCUT2D eigenvalue weighted by Gasteiger charge is 2.28. The van der Waals surface area contributed by atoms with Gasteiger partial charge in [0, 0.05) is 31.7 Å². The van der Waals surface area contributed by atoms with Crippen LogP contribution in [0.1, 0.15) is 38.1 Å². The van der Waals surface area contributed by atoms with Crippen LogP contribution in [0.25, 0.3) is 22.1 Å². The molecule has 0 bridgehead atoms. The highest BCUT2D eigenvalue weighted by molar-refractivity contribution is 5.76. The molecule has 0 aliphatic heterocycles. The number of aromatic nitrogens is 5. The first kappa shape index (κ1) is 16.3. The van der Waals surface area contributed by atoms with Crippen LogP contribution in [0.3, 0.4) is 0 Å². The van der Waals surface area contributed by atoms with E-state index in [2.05, 4.69) is 34.7 Å². The van der Waals surface area contributed by atoms with Gasteiger partial charge in [0.2, 0.25) is 0 Å². The number of hydrogen-bond donors (Lipinski definition) is 0. The molecule has 0 atom stereocenters. The molecule has 3 aromatic heterocycles. The summed E-state index contributed by atoms with van der Waals surface area (Å²) in [7, 11) is 0. The second-order valence-electron chi connectivity index (χ2n) is 7.32. The van der Waals surface area contributed by atoms with E-state index < -0.39 is 0 Å². The molecule has 0 saturated heterocycles. The molecule has 27 heavy (non-hydrogen) atoms. The lowest BCUT2D eigenvalue weighted by Gasteiger charge is -2.08. The third-order valence-electron chi connectivity index (χ3n) is 5.42. The number of imidazole rings is 2. The number of para-hydroxylation sites is 2. The summed E-state index contributed by atoms with van der Waals surface area (Å²) in [6, 6.07) is 10.6. The molecular weight excluding hydrogens is 338 g/mol. The SMILES string of the molecule is CCCn1c(CCn2c(=O)n(C3CC3)c3ccncc32)nc2ccccc21. The van der Waals surface area contributed by atoms with Gasteiger partial charge in [-0.2, -0.15) is 0 Å². The Morgan fingerprint density at radius 1 is 1.04 bits per heavy atom. The van der Waals surface area contributed by atoms with Crippen LogP contribution in [0.5, 0.6) is 0 Å². The van der Waals surface area contributed by atoms with E-state index in [-0.39, 0.29) is 5.69 Å². The Morgan fingerprint density at radius 2 is 1.89 bits per heavy atom. The Labute approximate surface area is 157 Å². The number of benzene rings is 1. The summed E-state index contributed by atoms with van der Waals surface area (Å²) in [5.41, 5.74) is 4.20. The van der Waals surface area contributed by atoms with Gasteiger partial charge in [0.15, 0.2) is 0 Å². The quantitative estimate of drug-likeness (QED) is 0.528. The average Bonchev–Trinajstić information content (AvgIpc) is 3.40. The number of fused-ring (bicyclic) bond motifs is 2. The van der Waals surface area contributed by atoms with Crippen LogP contribution in [0, 0.1) is 0 Å². The van der Waals surface area contributed by atoms with Crippen LogP contribution < -0.4 is 5.69 Å². The summed E-state index contributed by atoms with van der Waals surface area (Å²) in [6.07, 6.45) is 7.54. The maximum absolute atomic E-state index is 13.0. The molecule has 0 unspecified atom stereocenters. The van der Waals surface area contributed by atoms with Gasteiger partial charge in [0.1, 0.15) is 5.82 Å². The minimum atomic E-state index is 0.0821. The normalized spacial score (nSPS) is 14.4. The lowest BCUT2D eigenvalue weighted by Crippen LogP contribution is -2.25. The number of pyridine rings is 1. The molecule has 1 aliphatic rings. The zero-order valence-corrected chi connectivity index (χ0v) is 15.5. The van der Waals surface area contributed by atoms with Crippen molar-refractivity contribution in [2.75, 3.05) is 0 Å². The Balaban J connectivity index is 1.54. The van der Waals surface area contributed by atoms with Crippen molar-refractivity contribution < 1.29 is 0 Å². The van der Waals surface area contributed by atoms with E-state index in [1.54, 1.807) is 6.20 Å². The minimum absolute atomic E-state index is 0.0821. The van der Waals surface area contributed by atoms with Gasteiger partial charge >= 0.3 is 5.69 Å². The van der Waals surface area contributed by atoms with Gasteiger partial charge in [0.25, 0.3) is 0 Å². The molecule has 5 rings (SSSR count). The third-order valence-corrected chi connectivity index (χ3v) is 5.42. The molecule has 1 saturated carbocycles. The van der Waals surface area contributed by atoms with E-state index in [1.165, 1.54) is 5.52 Å². The molecular formula is C21H23N5O. The number of aryl methyl sites for hydroxylation is 3. The molecule has 1 aliphatic carbocycles. The molecule has 3 heterocycles. The predicted molar refractivity (Wildman–Crippen MR) is 106 cm³/mol. The van der Waals surface area contributed by atoms with E-state index in [0.717, 1.165) is 54.6 Å². The number of rotatable bonds is 6. The average molecular weight is 361 g/mol. The fourth-order valence-electron chi connectivity index (χ4n) is 4.03. The van der Waals surface area contributed by atoms with Crippen molar-refractivity contribution in [3.05, 3.63) is 59.0 Å². The Bertz CT molecular complexity index is 1180. The van der Waals surface area contributed by atoms with Crippen molar-refractivity contribution in [1.29, 1.82) is 0 Å². The summed E-state index contributed by atoms with van der Waals surface area (Å²) in [6.45, 7) is 3.74. The molecule has 0 spiro atoms. The first-order chi connectivity index (χ1) is 13.3. The summed E-state index contributed by atoms with van der Waals surface area (Å²) < 4.78 is 6.11. The van der Waals surface area contributed by atoms with Crippen LogP contribution in [-0.2, 0) is 19.5 Å². The molecule has 6 heteroatoms. The molecule has 1 fully saturated rings. The van der Waals surface area contributed by atoms with Crippen LogP contribution in [0.15, 0.2) is 47.5 Å². The van der Waals surface area contributed by atoms with Crippen molar-refractivity contribution in [1.82, 2.24) is 23.7 Å². The highest BCUT2D eigenvalue weighted by Crippen LogP contribution is 2.36. The van der Waals surface area contributed by atoms with Gasteiger partial charge in [0.05, 0.1) is 28.3 Å². The lowest BCUT2D eigenvalue weighted by atomic mass is 10.3. The van der Waals surface area contributed by atoms with E-state index in [9.17, 15) is 4.79 Å². The maximum atomic E-state index is 13.0. The summed E-state index contributed by atoms with van der Waals surface area (Å²) in [4.78, 5) is 22.1. The first-order valence-corrected chi connectivity index (χ1v) is 9.77. The topological polar surface area (TPSA) is 57.6 Å². The van der Waals surface area contributed by atoms with Gasteiger partial charge in [-0.1, -0.05) is 19.1 Å². The van der Waals surface area contributed by atoms with Gasteiger partial charge in [-0.05, 0) is 37.5 Å². The highest BCUT2D eigenvalue weighted by atomic mass is 16.1. The fraction of sp³-hybridized carbons (Fsp3) is 0.381. The molecule has 1 aromatic carbocycles. The van der Waals surface area contributed by atoms with Crippen molar-refractivity contribution >= 4 is 22.1 Å². The summed E-state index contributed by atoms with van der Waals surface area (Å²) in [5, 5.41) is 0. The molecule has 0 N–H and O–H groups in total. The zero-order chi connectivity index (χ0) is 18.4. The van der Waals surface area contributed by atoms with Gasteiger partial charge in [-0.25, -0.2) is 9.78 Å². The standard InChI is InChI=1S/C21H23N5O/c1-2-12-24-17-6-4-3-5-16(17)23-20(24)10-13-25-19-14-22-11-9-18(19)26(21(25)27)15-7-8-15/h3-6,9,11,14-15H,2,7-8,10,12-13H2,1H3. The van der Waals surface area contributed by atoms with Crippen molar-refractivity contribution in [2.24, 2.45) is 0 Å². The zero-order valence-electron chi connectivity index (χ0n) is 15.5. The Hall–Kier alpha value is -2.89. The van der Waals surface area contributed by atoms with Gasteiger partial charge < -0.3 is 4.57 Å². The minimum Gasteiger partial charge on any atom is -0.328 e. The maximum Gasteiger partial charge on any atom is 0.329 e. The number of hydrogen-bond acceptors (Lipinski definition) is 3. The van der Waals surface area contributed by atoms with Gasteiger partial charge in [-0.15, -0.1) is 0 Å². The molecule has 0 amide bonds. The molecule has 138 valence electrons. The largest absolute Gasteiger partial charge is 0.329 e. The molecule has 6 nitrogen and oxygen atoms in total. The Kier molecular flexibility index (Phi) is 3.85. The first-order valence-electron chi connectivity index (χ1n) is 9.77. The van der Waals surface area contributed by atoms with E-state index in [4.69, 9.17) is 4.98 Å². The van der Waals surface area contributed by atoms with Crippen molar-refractivity contribution in [3.8, 4) is 0 Å². The second-order valence-corrected chi connectivity index (χ2v) is 7.32. The summed E-state index contributed by atoms with van der Waals surface area (Å²) in [5.74, 6) is 1.04. The van der Waals surface area contributed by atoms with E-state index >= 15 is 0 Å². The van der Waals surface area contributed by atoms with Crippen molar-refractivity contribution in [2.45, 2.75) is 51.7 Å². The Morgan fingerprint density at radius 3 is 2.70 bits per heavy atom. The second kappa shape index (κ2) is 6.37. The fourth-order valence-corrected chi connectivity index (χ4v) is 4.03. The molecule has 4 aromatic rings. The van der Waals surface area contributed by atoms with Crippen LogP contribution in [0.2, 0.25) is 0 Å². The van der Waals surface area contributed by atoms with Crippen LogP contribution in [0.4, 0.5) is 0 Å². The lowest BCUT2D eigenvalue weighted by molar-refractivity contribution is 0.591.